The zero-order valence-corrected chi connectivity index (χ0v) is 17.5. The van der Waals surface area contributed by atoms with Crippen molar-refractivity contribution in [3.8, 4) is 0 Å². The molecule has 11 heteroatoms. The van der Waals surface area contributed by atoms with Gasteiger partial charge in [-0.05, 0) is 55.8 Å². The summed E-state index contributed by atoms with van der Waals surface area (Å²) in [6.45, 7) is 7.02. The number of alkyl carbamates (subject to hydrolysis) is 1. The second-order valence-corrected chi connectivity index (χ2v) is 7.89. The molecule has 152 valence electrons. The van der Waals surface area contributed by atoms with Crippen LogP contribution >= 0.6 is 23.2 Å². The Morgan fingerprint density at radius 3 is 2.61 bits per heavy atom. The van der Waals surface area contributed by atoms with Crippen LogP contribution in [0.25, 0.3) is 0 Å². The second-order valence-electron chi connectivity index (χ2n) is 7.07. The maximum absolute atomic E-state index is 12.3. The Balaban J connectivity index is 1.91. The third-order valence-corrected chi connectivity index (χ3v) is 4.25. The maximum atomic E-state index is 12.3. The number of hydrogen-bond donors (Lipinski definition) is 2. The van der Waals surface area contributed by atoms with E-state index in [9.17, 15) is 9.59 Å². The van der Waals surface area contributed by atoms with Gasteiger partial charge in [0.15, 0.2) is 5.82 Å². The molecular weight excluding hydrogens is 407 g/mol. The van der Waals surface area contributed by atoms with E-state index in [2.05, 4.69) is 26.2 Å². The Labute approximate surface area is 172 Å². The van der Waals surface area contributed by atoms with Crippen molar-refractivity contribution >= 4 is 35.2 Å². The van der Waals surface area contributed by atoms with Gasteiger partial charge in [-0.15, -0.1) is 5.10 Å². The summed E-state index contributed by atoms with van der Waals surface area (Å²) < 4.78 is 6.45. The molecule has 1 heterocycles. The molecule has 28 heavy (non-hydrogen) atoms. The summed E-state index contributed by atoms with van der Waals surface area (Å²) in [4.78, 5) is 24.1. The zero-order chi connectivity index (χ0) is 20.9. The lowest BCUT2D eigenvalue weighted by Crippen LogP contribution is -2.34. The number of hydrogen-bond acceptors (Lipinski definition) is 6. The van der Waals surface area contributed by atoms with Crippen molar-refractivity contribution < 1.29 is 14.3 Å². The number of carbonyl (C=O) groups is 2. The van der Waals surface area contributed by atoms with Crippen LogP contribution < -0.4 is 10.6 Å². The van der Waals surface area contributed by atoms with E-state index in [-0.39, 0.29) is 25.0 Å². The fourth-order valence-electron chi connectivity index (χ4n) is 2.23. The topological polar surface area (TPSA) is 111 Å². The molecule has 1 aromatic carbocycles. The fraction of sp³-hybridized carbons (Fsp3) is 0.471. The minimum Gasteiger partial charge on any atom is -0.444 e. The number of carbonyl (C=O) groups excluding carboxylic acids is 2. The molecule has 0 fully saturated rings. The van der Waals surface area contributed by atoms with Crippen LogP contribution in [0.3, 0.4) is 0 Å². The Morgan fingerprint density at radius 2 is 1.96 bits per heavy atom. The largest absolute Gasteiger partial charge is 0.444 e. The van der Waals surface area contributed by atoms with Crippen molar-refractivity contribution in [3.05, 3.63) is 39.6 Å². The van der Waals surface area contributed by atoms with Gasteiger partial charge in [-0.1, -0.05) is 29.3 Å². The molecule has 0 aliphatic heterocycles. The van der Waals surface area contributed by atoms with E-state index in [1.807, 2.05) is 6.92 Å². The Bertz CT molecular complexity index is 850. The molecule has 0 saturated carbocycles. The van der Waals surface area contributed by atoms with Gasteiger partial charge in [0.2, 0.25) is 5.91 Å². The Morgan fingerprint density at radius 1 is 1.25 bits per heavy atom. The first-order valence-electron chi connectivity index (χ1n) is 8.51. The summed E-state index contributed by atoms with van der Waals surface area (Å²) in [5.41, 5.74) is 0.197. The first-order chi connectivity index (χ1) is 13.0. The van der Waals surface area contributed by atoms with Crippen molar-refractivity contribution in [2.45, 2.75) is 52.4 Å². The van der Waals surface area contributed by atoms with Crippen LogP contribution in [0, 0.1) is 0 Å². The van der Waals surface area contributed by atoms with Crippen molar-refractivity contribution in [1.82, 2.24) is 30.8 Å². The van der Waals surface area contributed by atoms with Crippen LogP contribution in [0.2, 0.25) is 10.0 Å². The molecule has 1 aromatic heterocycles. The number of ether oxygens (including phenoxy) is 1. The highest BCUT2D eigenvalue weighted by molar-refractivity contribution is 6.42. The van der Waals surface area contributed by atoms with Crippen LogP contribution in [0.15, 0.2) is 18.2 Å². The monoisotopic (exact) mass is 428 g/mol. The second kappa shape index (κ2) is 9.20. The minimum atomic E-state index is -0.614. The first kappa shape index (κ1) is 21.9. The van der Waals surface area contributed by atoms with Gasteiger partial charge >= 0.3 is 6.09 Å². The molecule has 0 saturated heterocycles. The molecule has 0 bridgehead atoms. The van der Waals surface area contributed by atoms with Crippen LogP contribution in [0.1, 0.15) is 45.1 Å². The lowest BCUT2D eigenvalue weighted by Gasteiger charge is -2.19. The van der Waals surface area contributed by atoms with Crippen molar-refractivity contribution in [3.63, 3.8) is 0 Å². The highest BCUT2D eigenvalue weighted by Gasteiger charge is 2.18. The molecule has 2 rings (SSSR count). The number of amides is 2. The number of benzene rings is 1. The van der Waals surface area contributed by atoms with Crippen LogP contribution in [0.4, 0.5) is 4.79 Å². The van der Waals surface area contributed by atoms with Gasteiger partial charge in [0, 0.05) is 0 Å². The molecule has 9 nitrogen and oxygen atoms in total. The predicted octanol–water partition coefficient (Wildman–Crippen LogP) is 2.88. The summed E-state index contributed by atoms with van der Waals surface area (Å²) in [5, 5.41) is 17.4. The normalized spacial score (nSPS) is 12.4. The van der Waals surface area contributed by atoms with E-state index in [4.69, 9.17) is 27.9 Å². The molecule has 0 radical (unpaired) electrons. The van der Waals surface area contributed by atoms with Gasteiger partial charge in [-0.3, -0.25) is 4.79 Å². The van der Waals surface area contributed by atoms with Crippen molar-refractivity contribution in [2.24, 2.45) is 0 Å². The molecule has 2 N–H and O–H groups in total. The van der Waals surface area contributed by atoms with E-state index >= 15 is 0 Å². The molecule has 0 aliphatic rings. The van der Waals surface area contributed by atoms with E-state index < -0.39 is 11.7 Å². The van der Waals surface area contributed by atoms with E-state index in [1.54, 1.807) is 39.0 Å². The summed E-state index contributed by atoms with van der Waals surface area (Å²) in [5.74, 6) is 0.0209. The molecule has 2 amide bonds. The molecule has 1 atom stereocenters. The van der Waals surface area contributed by atoms with E-state index in [1.165, 1.54) is 4.68 Å². The standard InChI is InChI=1S/C17H22Cl2N6O3/c1-10(11-5-6-12(18)13(19)7-11)21-15(26)9-25-14(22-23-24-25)8-20-16(27)28-17(2,3)4/h5-7,10H,8-9H2,1-4H3,(H,20,27)(H,21,26)/t10-/m1/s1. The van der Waals surface area contributed by atoms with Crippen LogP contribution in [-0.2, 0) is 22.6 Å². The van der Waals surface area contributed by atoms with Crippen LogP contribution in [0.5, 0.6) is 0 Å². The average molecular weight is 429 g/mol. The third kappa shape index (κ3) is 6.65. The number of tetrazole rings is 1. The van der Waals surface area contributed by atoms with Crippen molar-refractivity contribution in [2.75, 3.05) is 0 Å². The maximum Gasteiger partial charge on any atom is 0.408 e. The van der Waals surface area contributed by atoms with E-state index in [0.717, 1.165) is 5.56 Å². The van der Waals surface area contributed by atoms with Gasteiger partial charge in [0.25, 0.3) is 0 Å². The Hall–Kier alpha value is -2.39. The molecule has 0 spiro atoms. The third-order valence-electron chi connectivity index (χ3n) is 3.51. The van der Waals surface area contributed by atoms with Crippen LogP contribution in [-0.4, -0.2) is 37.8 Å². The van der Waals surface area contributed by atoms with Gasteiger partial charge in [0.05, 0.1) is 22.6 Å². The van der Waals surface area contributed by atoms with Gasteiger partial charge in [0.1, 0.15) is 12.1 Å². The number of nitrogens with one attached hydrogen (secondary N) is 2. The molecule has 0 aliphatic carbocycles. The number of rotatable bonds is 6. The summed E-state index contributed by atoms with van der Waals surface area (Å²) in [6.07, 6.45) is -0.597. The Kier molecular flexibility index (Phi) is 7.20. The summed E-state index contributed by atoms with van der Waals surface area (Å²) >= 11 is 11.9. The lowest BCUT2D eigenvalue weighted by molar-refractivity contribution is -0.122. The highest BCUT2D eigenvalue weighted by atomic mass is 35.5. The van der Waals surface area contributed by atoms with Gasteiger partial charge in [-0.2, -0.15) is 0 Å². The molecule has 2 aromatic rings. The number of aromatic nitrogens is 4. The van der Waals surface area contributed by atoms with Crippen molar-refractivity contribution in [1.29, 1.82) is 0 Å². The zero-order valence-electron chi connectivity index (χ0n) is 16.0. The average Bonchev–Trinajstić information content (AvgIpc) is 3.00. The minimum absolute atomic E-state index is 0.0253. The fourth-order valence-corrected chi connectivity index (χ4v) is 2.53. The smallest absolute Gasteiger partial charge is 0.408 e. The summed E-state index contributed by atoms with van der Waals surface area (Å²) in [7, 11) is 0. The summed E-state index contributed by atoms with van der Waals surface area (Å²) in [6, 6.07) is 4.86. The van der Waals surface area contributed by atoms with E-state index in [0.29, 0.717) is 15.9 Å². The SMILES string of the molecule is C[C@@H](NC(=O)Cn1nnnc1CNC(=O)OC(C)(C)C)c1ccc(Cl)c(Cl)c1. The predicted molar refractivity (Wildman–Crippen MR) is 104 cm³/mol. The van der Waals surface area contributed by atoms with Gasteiger partial charge < -0.3 is 15.4 Å². The highest BCUT2D eigenvalue weighted by Crippen LogP contribution is 2.25. The first-order valence-corrected chi connectivity index (χ1v) is 9.27. The molecular formula is C17H22Cl2N6O3. The van der Waals surface area contributed by atoms with Gasteiger partial charge in [-0.25, -0.2) is 9.48 Å². The lowest BCUT2D eigenvalue weighted by atomic mass is 10.1. The quantitative estimate of drug-likeness (QED) is 0.731. The number of nitrogens with zero attached hydrogens (tertiary/aromatic N) is 4. The number of halogens is 2. The molecule has 0 unspecified atom stereocenters.